The molecule has 1 nitrogen and oxygen atoms in total. The molecule has 0 amide bonds. The zero-order chi connectivity index (χ0) is 14.2. The lowest BCUT2D eigenvalue weighted by atomic mass is 10.0. The van der Waals surface area contributed by atoms with Crippen molar-refractivity contribution in [3.05, 3.63) is 56.8 Å². The van der Waals surface area contributed by atoms with E-state index in [4.69, 9.17) is 0 Å². The van der Waals surface area contributed by atoms with Crippen molar-refractivity contribution in [3.63, 3.8) is 0 Å². The number of hydrogen-bond acceptors (Lipinski definition) is 2. The largest absolute Gasteiger partial charge is 0.416 e. The Morgan fingerprint density at radius 3 is 2.26 bits per heavy atom. The van der Waals surface area contributed by atoms with Gasteiger partial charge in [-0.3, -0.25) is 4.79 Å². The third kappa shape index (κ3) is 2.87. The van der Waals surface area contributed by atoms with E-state index in [-0.39, 0.29) is 5.78 Å². The Hall–Kier alpha value is -1.62. The summed E-state index contributed by atoms with van der Waals surface area (Å²) in [6.07, 6.45) is -4.38. The predicted octanol–water partition coefficient (Wildman–Crippen LogP) is 4.61. The molecule has 1 aromatic heterocycles. The first-order valence-electron chi connectivity index (χ1n) is 5.58. The summed E-state index contributed by atoms with van der Waals surface area (Å²) in [5.41, 5.74) is -0.0790. The molecule has 2 aromatic rings. The summed E-state index contributed by atoms with van der Waals surface area (Å²) in [5, 5.41) is 0. The zero-order valence-corrected chi connectivity index (χ0v) is 11.2. The van der Waals surface area contributed by atoms with Crippen LogP contribution < -0.4 is 0 Å². The lowest BCUT2D eigenvalue weighted by Crippen LogP contribution is -2.08. The number of thiophene rings is 1. The first-order valence-corrected chi connectivity index (χ1v) is 6.39. The number of hydrogen-bond donors (Lipinski definition) is 0. The topological polar surface area (TPSA) is 17.1 Å². The van der Waals surface area contributed by atoms with Crippen molar-refractivity contribution in [2.24, 2.45) is 0 Å². The van der Waals surface area contributed by atoms with Crippen molar-refractivity contribution in [2.45, 2.75) is 20.0 Å². The molecular formula is C14H11F3OS. The molecule has 1 heterocycles. The normalized spacial score (nSPS) is 11.6. The lowest BCUT2D eigenvalue weighted by Gasteiger charge is -2.09. The lowest BCUT2D eigenvalue weighted by molar-refractivity contribution is -0.137. The first kappa shape index (κ1) is 13.8. The number of ketones is 1. The van der Waals surface area contributed by atoms with E-state index in [0.29, 0.717) is 16.0 Å². The Morgan fingerprint density at radius 2 is 1.79 bits per heavy atom. The van der Waals surface area contributed by atoms with Gasteiger partial charge in [0, 0.05) is 10.4 Å². The molecule has 0 fully saturated rings. The molecule has 0 unspecified atom stereocenters. The van der Waals surface area contributed by atoms with Crippen LogP contribution in [0.25, 0.3) is 0 Å². The highest BCUT2D eigenvalue weighted by Gasteiger charge is 2.31. The highest BCUT2D eigenvalue weighted by Crippen LogP contribution is 2.31. The molecule has 0 bridgehead atoms. The minimum absolute atomic E-state index is 0.232. The monoisotopic (exact) mass is 284 g/mol. The molecule has 0 aliphatic carbocycles. The molecule has 0 saturated carbocycles. The maximum absolute atomic E-state index is 12.5. The molecule has 0 N–H and O–H groups in total. The van der Waals surface area contributed by atoms with Crippen LogP contribution >= 0.6 is 11.3 Å². The summed E-state index contributed by atoms with van der Waals surface area (Å²) < 4.78 is 37.6. The highest BCUT2D eigenvalue weighted by molar-refractivity contribution is 7.14. The molecule has 0 aliphatic heterocycles. The van der Waals surface area contributed by atoms with Crippen LogP contribution in [0.15, 0.2) is 30.3 Å². The average Bonchev–Trinajstić information content (AvgIpc) is 2.73. The van der Waals surface area contributed by atoms with Gasteiger partial charge in [-0.1, -0.05) is 6.07 Å². The molecule has 5 heteroatoms. The van der Waals surface area contributed by atoms with Crippen LogP contribution in [0, 0.1) is 13.8 Å². The van der Waals surface area contributed by atoms with Crippen LogP contribution in [0.1, 0.15) is 31.2 Å². The van der Waals surface area contributed by atoms with Crippen LogP contribution in [-0.2, 0) is 6.18 Å². The standard InChI is InChI=1S/C14H11F3OS/c1-8-7-10(14(15,16)17)4-5-11(8)13(18)12-6-3-9(2)19-12/h3-7H,1-2H3. The summed E-state index contributed by atoms with van der Waals surface area (Å²) in [6, 6.07) is 6.71. The van der Waals surface area contributed by atoms with E-state index < -0.39 is 11.7 Å². The Kier molecular flexibility index (Phi) is 3.49. The van der Waals surface area contributed by atoms with E-state index in [1.165, 1.54) is 24.3 Å². The number of aryl methyl sites for hydroxylation is 2. The molecule has 2 rings (SSSR count). The van der Waals surface area contributed by atoms with E-state index in [1.807, 2.05) is 13.0 Å². The molecule has 0 atom stereocenters. The fourth-order valence-electron chi connectivity index (χ4n) is 1.78. The maximum atomic E-state index is 12.5. The quantitative estimate of drug-likeness (QED) is 0.736. The molecule has 0 radical (unpaired) electrons. The van der Waals surface area contributed by atoms with E-state index in [0.717, 1.165) is 17.0 Å². The van der Waals surface area contributed by atoms with E-state index in [9.17, 15) is 18.0 Å². The number of halogens is 3. The minimum atomic E-state index is -4.38. The second-order valence-corrected chi connectivity index (χ2v) is 5.55. The highest BCUT2D eigenvalue weighted by atomic mass is 32.1. The van der Waals surface area contributed by atoms with Crippen LogP contribution in [0.3, 0.4) is 0 Å². The Balaban J connectivity index is 2.39. The van der Waals surface area contributed by atoms with Crippen LogP contribution in [0.5, 0.6) is 0 Å². The summed E-state index contributed by atoms with van der Waals surface area (Å²) in [5.74, 6) is -0.232. The number of alkyl halides is 3. The van der Waals surface area contributed by atoms with Crippen molar-refractivity contribution in [1.29, 1.82) is 0 Å². The van der Waals surface area contributed by atoms with Crippen molar-refractivity contribution >= 4 is 17.1 Å². The second-order valence-electron chi connectivity index (χ2n) is 4.27. The summed E-state index contributed by atoms with van der Waals surface area (Å²) in [6.45, 7) is 3.39. The molecule has 1 aromatic carbocycles. The van der Waals surface area contributed by atoms with Gasteiger partial charge in [-0.05, 0) is 43.7 Å². The summed E-state index contributed by atoms with van der Waals surface area (Å²) >= 11 is 1.34. The van der Waals surface area contributed by atoms with Gasteiger partial charge in [-0.15, -0.1) is 11.3 Å². The zero-order valence-electron chi connectivity index (χ0n) is 10.3. The first-order chi connectivity index (χ1) is 8.79. The number of benzene rings is 1. The molecule has 19 heavy (non-hydrogen) atoms. The van der Waals surface area contributed by atoms with E-state index in [1.54, 1.807) is 6.07 Å². The van der Waals surface area contributed by atoms with Crippen LogP contribution in [-0.4, -0.2) is 5.78 Å². The van der Waals surface area contributed by atoms with Crippen molar-refractivity contribution in [3.8, 4) is 0 Å². The van der Waals surface area contributed by atoms with Gasteiger partial charge in [0.15, 0.2) is 0 Å². The SMILES string of the molecule is Cc1ccc(C(=O)c2ccc(C(F)(F)F)cc2C)s1. The maximum Gasteiger partial charge on any atom is 0.416 e. The Morgan fingerprint density at radius 1 is 1.11 bits per heavy atom. The number of rotatable bonds is 2. The molecular weight excluding hydrogens is 273 g/mol. The van der Waals surface area contributed by atoms with Crippen LogP contribution in [0.4, 0.5) is 13.2 Å². The Labute approximate surface area is 112 Å². The van der Waals surface area contributed by atoms with Crippen molar-refractivity contribution < 1.29 is 18.0 Å². The number of carbonyl (C=O) groups excluding carboxylic acids is 1. The van der Waals surface area contributed by atoms with Crippen molar-refractivity contribution in [2.75, 3.05) is 0 Å². The van der Waals surface area contributed by atoms with Gasteiger partial charge >= 0.3 is 6.18 Å². The van der Waals surface area contributed by atoms with Gasteiger partial charge < -0.3 is 0 Å². The molecule has 100 valence electrons. The van der Waals surface area contributed by atoms with Crippen molar-refractivity contribution in [1.82, 2.24) is 0 Å². The molecule has 0 aliphatic rings. The minimum Gasteiger partial charge on any atom is -0.288 e. The van der Waals surface area contributed by atoms with Gasteiger partial charge in [-0.25, -0.2) is 0 Å². The Bertz CT molecular complexity index is 626. The third-order valence-corrected chi connectivity index (χ3v) is 3.76. The molecule has 0 spiro atoms. The van der Waals surface area contributed by atoms with Gasteiger partial charge in [-0.2, -0.15) is 13.2 Å². The van der Waals surface area contributed by atoms with Gasteiger partial charge in [0.05, 0.1) is 10.4 Å². The smallest absolute Gasteiger partial charge is 0.288 e. The average molecular weight is 284 g/mol. The van der Waals surface area contributed by atoms with Gasteiger partial charge in [0.2, 0.25) is 5.78 Å². The van der Waals surface area contributed by atoms with E-state index >= 15 is 0 Å². The summed E-state index contributed by atoms with van der Waals surface area (Å²) in [7, 11) is 0. The van der Waals surface area contributed by atoms with Crippen LogP contribution in [0.2, 0.25) is 0 Å². The van der Waals surface area contributed by atoms with E-state index in [2.05, 4.69) is 0 Å². The van der Waals surface area contributed by atoms with Gasteiger partial charge in [0.1, 0.15) is 0 Å². The fraction of sp³-hybridized carbons (Fsp3) is 0.214. The number of carbonyl (C=O) groups is 1. The summed E-state index contributed by atoms with van der Waals surface area (Å²) in [4.78, 5) is 13.7. The predicted molar refractivity (Wildman–Crippen MR) is 68.7 cm³/mol. The van der Waals surface area contributed by atoms with Gasteiger partial charge in [0.25, 0.3) is 0 Å². The second kappa shape index (κ2) is 4.81. The fourth-order valence-corrected chi connectivity index (χ4v) is 2.61. The molecule has 0 saturated heterocycles. The third-order valence-electron chi connectivity index (χ3n) is 2.76.